The average Bonchev–Trinajstić information content (AvgIpc) is 2.64. The van der Waals surface area contributed by atoms with Crippen LogP contribution in [0.25, 0.3) is 0 Å². The van der Waals surface area contributed by atoms with Crippen molar-refractivity contribution in [3.05, 3.63) is 29.8 Å². The van der Waals surface area contributed by atoms with Crippen molar-refractivity contribution in [1.82, 2.24) is 5.32 Å². The second-order valence-electron chi connectivity index (χ2n) is 6.11. The van der Waals surface area contributed by atoms with Gasteiger partial charge in [-0.2, -0.15) is 0 Å². The number of nitrogens with one attached hydrogen (secondary N) is 1. The van der Waals surface area contributed by atoms with Crippen molar-refractivity contribution < 1.29 is 8.42 Å². The minimum atomic E-state index is -3.11. The summed E-state index contributed by atoms with van der Waals surface area (Å²) in [4.78, 5) is 0.372. The van der Waals surface area contributed by atoms with E-state index in [0.29, 0.717) is 16.9 Å². The van der Waals surface area contributed by atoms with Gasteiger partial charge in [0.25, 0.3) is 0 Å². The van der Waals surface area contributed by atoms with E-state index in [1.807, 2.05) is 12.1 Å². The van der Waals surface area contributed by atoms with E-state index in [1.165, 1.54) is 31.9 Å². The number of hydrogen-bond donors (Lipinski definition) is 2. The third-order valence-electron chi connectivity index (χ3n) is 4.31. The van der Waals surface area contributed by atoms with Crippen molar-refractivity contribution >= 4 is 9.84 Å². The van der Waals surface area contributed by atoms with E-state index in [4.69, 9.17) is 5.73 Å². The van der Waals surface area contributed by atoms with Crippen LogP contribution in [0.15, 0.2) is 29.2 Å². The maximum absolute atomic E-state index is 11.4. The third-order valence-corrected chi connectivity index (χ3v) is 5.43. The van der Waals surface area contributed by atoms with Gasteiger partial charge in [0.15, 0.2) is 9.84 Å². The van der Waals surface area contributed by atoms with Crippen molar-refractivity contribution in [3.8, 4) is 0 Å². The molecule has 5 heteroatoms. The number of nitrogens with two attached hydrogens (primary N) is 1. The van der Waals surface area contributed by atoms with E-state index in [9.17, 15) is 8.42 Å². The van der Waals surface area contributed by atoms with E-state index >= 15 is 0 Å². The van der Waals surface area contributed by atoms with Gasteiger partial charge < -0.3 is 11.1 Å². The molecule has 2 unspecified atom stereocenters. The van der Waals surface area contributed by atoms with Gasteiger partial charge in [-0.1, -0.05) is 31.4 Å². The highest BCUT2D eigenvalue weighted by molar-refractivity contribution is 7.90. The van der Waals surface area contributed by atoms with Crippen LogP contribution in [-0.4, -0.2) is 27.3 Å². The second kappa shape index (κ2) is 7.38. The lowest BCUT2D eigenvalue weighted by molar-refractivity contribution is 0.374. The molecule has 0 aromatic heterocycles. The first-order valence-electron chi connectivity index (χ1n) is 7.72. The Labute approximate surface area is 128 Å². The van der Waals surface area contributed by atoms with E-state index in [2.05, 4.69) is 5.32 Å². The van der Waals surface area contributed by atoms with Gasteiger partial charge in [0.2, 0.25) is 0 Å². The molecule has 0 saturated heterocycles. The Balaban J connectivity index is 1.83. The topological polar surface area (TPSA) is 72.2 Å². The Morgan fingerprint density at radius 2 is 1.81 bits per heavy atom. The Kier molecular flexibility index (Phi) is 5.79. The lowest BCUT2D eigenvalue weighted by Crippen LogP contribution is -2.36. The highest BCUT2D eigenvalue weighted by Gasteiger charge is 2.19. The van der Waals surface area contributed by atoms with Gasteiger partial charge >= 0.3 is 0 Å². The highest BCUT2D eigenvalue weighted by atomic mass is 32.2. The third kappa shape index (κ3) is 5.09. The number of benzene rings is 1. The van der Waals surface area contributed by atoms with Crippen LogP contribution in [0, 0.1) is 5.92 Å². The Bertz CT molecular complexity index is 540. The van der Waals surface area contributed by atoms with Crippen LogP contribution < -0.4 is 11.1 Å². The summed E-state index contributed by atoms with van der Waals surface area (Å²) in [5, 5.41) is 3.46. The summed E-state index contributed by atoms with van der Waals surface area (Å²) in [6.45, 7) is 1.70. The van der Waals surface area contributed by atoms with Crippen molar-refractivity contribution in [3.63, 3.8) is 0 Å². The van der Waals surface area contributed by atoms with Crippen LogP contribution in [0.2, 0.25) is 0 Å². The molecular weight excluding hydrogens is 284 g/mol. The van der Waals surface area contributed by atoms with E-state index < -0.39 is 9.84 Å². The first-order chi connectivity index (χ1) is 9.97. The summed E-state index contributed by atoms with van der Waals surface area (Å²) in [6.07, 6.45) is 7.41. The molecule has 118 valence electrons. The second-order valence-corrected chi connectivity index (χ2v) is 8.12. The molecule has 0 bridgehead atoms. The molecule has 2 rings (SSSR count). The zero-order valence-electron chi connectivity index (χ0n) is 12.7. The summed E-state index contributed by atoms with van der Waals surface area (Å²) in [5.41, 5.74) is 7.32. The van der Waals surface area contributed by atoms with Crippen LogP contribution in [0.5, 0.6) is 0 Å². The molecule has 1 aliphatic carbocycles. The molecule has 1 saturated carbocycles. The first kappa shape index (κ1) is 16.5. The molecule has 1 aliphatic rings. The van der Waals surface area contributed by atoms with Crippen LogP contribution >= 0.6 is 0 Å². The van der Waals surface area contributed by atoms with Gasteiger partial charge in [-0.05, 0) is 43.0 Å². The van der Waals surface area contributed by atoms with E-state index in [-0.39, 0.29) is 0 Å². The molecule has 0 amide bonds. The molecule has 1 aromatic carbocycles. The van der Waals surface area contributed by atoms with Crippen molar-refractivity contribution in [2.24, 2.45) is 11.7 Å². The zero-order chi connectivity index (χ0) is 15.3. The standard InChI is InChI=1S/C16H26N2O2S/c1-21(19,20)15-9-7-13(8-10-15)11-18-12-14-5-3-2-4-6-16(14)17/h7-10,14,16,18H,2-6,11-12,17H2,1H3. The normalized spacial score (nSPS) is 23.7. The highest BCUT2D eigenvalue weighted by Crippen LogP contribution is 2.21. The molecule has 4 nitrogen and oxygen atoms in total. The van der Waals surface area contributed by atoms with E-state index in [1.54, 1.807) is 12.1 Å². The summed E-state index contributed by atoms with van der Waals surface area (Å²) < 4.78 is 22.8. The Hall–Kier alpha value is -0.910. The van der Waals surface area contributed by atoms with Gasteiger partial charge in [0, 0.05) is 18.8 Å². The lowest BCUT2D eigenvalue weighted by atomic mass is 9.95. The maximum Gasteiger partial charge on any atom is 0.175 e. The molecule has 2 atom stereocenters. The molecular formula is C16H26N2O2S. The van der Waals surface area contributed by atoms with Crippen LogP contribution in [-0.2, 0) is 16.4 Å². The summed E-state index contributed by atoms with van der Waals surface area (Å²) >= 11 is 0. The molecule has 1 aromatic rings. The van der Waals surface area contributed by atoms with Gasteiger partial charge in [-0.3, -0.25) is 0 Å². The average molecular weight is 310 g/mol. The summed E-state index contributed by atoms with van der Waals surface area (Å²) in [6, 6.07) is 7.40. The zero-order valence-corrected chi connectivity index (χ0v) is 13.5. The van der Waals surface area contributed by atoms with Gasteiger partial charge in [0.1, 0.15) is 0 Å². The van der Waals surface area contributed by atoms with Crippen LogP contribution in [0.1, 0.15) is 37.7 Å². The SMILES string of the molecule is CS(=O)(=O)c1ccc(CNCC2CCCCCC2N)cc1. The van der Waals surface area contributed by atoms with Crippen molar-refractivity contribution in [1.29, 1.82) is 0 Å². The largest absolute Gasteiger partial charge is 0.327 e. The molecule has 21 heavy (non-hydrogen) atoms. The molecule has 1 fully saturated rings. The summed E-state index contributed by atoms with van der Waals surface area (Å²) in [7, 11) is -3.11. The Morgan fingerprint density at radius 3 is 2.48 bits per heavy atom. The monoisotopic (exact) mass is 310 g/mol. The lowest BCUT2D eigenvalue weighted by Gasteiger charge is -2.21. The fourth-order valence-corrected chi connectivity index (χ4v) is 3.55. The predicted octanol–water partition coefficient (Wildman–Crippen LogP) is 2.09. The molecule has 0 heterocycles. The number of rotatable bonds is 5. The van der Waals surface area contributed by atoms with Crippen molar-refractivity contribution in [2.75, 3.05) is 12.8 Å². The molecule has 0 radical (unpaired) electrons. The van der Waals surface area contributed by atoms with E-state index in [0.717, 1.165) is 25.1 Å². The minimum Gasteiger partial charge on any atom is -0.327 e. The van der Waals surface area contributed by atoms with Crippen molar-refractivity contribution in [2.45, 2.75) is 49.6 Å². The molecule has 0 spiro atoms. The smallest absolute Gasteiger partial charge is 0.175 e. The van der Waals surface area contributed by atoms with Gasteiger partial charge in [-0.15, -0.1) is 0 Å². The first-order valence-corrected chi connectivity index (χ1v) is 9.61. The summed E-state index contributed by atoms with van der Waals surface area (Å²) in [5.74, 6) is 0.558. The predicted molar refractivity (Wildman–Crippen MR) is 85.8 cm³/mol. The van der Waals surface area contributed by atoms with Gasteiger partial charge in [-0.25, -0.2) is 8.42 Å². The van der Waals surface area contributed by atoms with Crippen LogP contribution in [0.4, 0.5) is 0 Å². The quantitative estimate of drug-likeness (QED) is 0.817. The number of sulfone groups is 1. The maximum atomic E-state index is 11.4. The fourth-order valence-electron chi connectivity index (χ4n) is 2.92. The van der Waals surface area contributed by atoms with Crippen LogP contribution in [0.3, 0.4) is 0 Å². The molecule has 0 aliphatic heterocycles. The van der Waals surface area contributed by atoms with Gasteiger partial charge in [0.05, 0.1) is 4.90 Å². The minimum absolute atomic E-state index is 0.313. The fraction of sp³-hybridized carbons (Fsp3) is 0.625. The molecule has 3 N–H and O–H groups in total. The Morgan fingerprint density at radius 1 is 1.14 bits per heavy atom. The number of hydrogen-bond acceptors (Lipinski definition) is 4.